The molecule has 1 saturated carbocycles. The summed E-state index contributed by atoms with van der Waals surface area (Å²) in [4.78, 5) is 12.0. The van der Waals surface area contributed by atoms with Gasteiger partial charge in [0.15, 0.2) is 0 Å². The number of aromatic hydroxyl groups is 1. The first-order valence-corrected chi connectivity index (χ1v) is 7.00. The molecule has 4 heteroatoms. The van der Waals surface area contributed by atoms with E-state index < -0.39 is 6.04 Å². The van der Waals surface area contributed by atoms with Crippen LogP contribution in [0.15, 0.2) is 24.3 Å². The van der Waals surface area contributed by atoms with Crippen molar-refractivity contribution in [3.05, 3.63) is 24.3 Å². The average Bonchev–Trinajstić information content (AvgIpc) is 2.40. The summed E-state index contributed by atoms with van der Waals surface area (Å²) in [6.45, 7) is 0. The largest absolute Gasteiger partial charge is 0.508 e. The number of benzene rings is 1. The lowest BCUT2D eigenvalue weighted by atomic mass is 9.85. The SMILES string of the molecule is NC(CC1CCCCC1)C(=O)Nc1cccc(O)c1. The fourth-order valence-electron chi connectivity index (χ4n) is 2.71. The van der Waals surface area contributed by atoms with E-state index in [1.54, 1.807) is 18.2 Å². The normalized spacial score (nSPS) is 17.9. The summed E-state index contributed by atoms with van der Waals surface area (Å²) in [5.41, 5.74) is 6.55. The number of carbonyl (C=O) groups excluding carboxylic acids is 1. The van der Waals surface area contributed by atoms with Crippen molar-refractivity contribution in [3.8, 4) is 5.75 Å². The molecule has 0 bridgehead atoms. The van der Waals surface area contributed by atoms with Crippen LogP contribution < -0.4 is 11.1 Å². The van der Waals surface area contributed by atoms with E-state index in [0.29, 0.717) is 11.6 Å². The van der Waals surface area contributed by atoms with Crippen LogP contribution >= 0.6 is 0 Å². The van der Waals surface area contributed by atoms with Crippen LogP contribution in [0.4, 0.5) is 5.69 Å². The van der Waals surface area contributed by atoms with Gasteiger partial charge in [-0.05, 0) is 24.5 Å². The smallest absolute Gasteiger partial charge is 0.241 e. The van der Waals surface area contributed by atoms with E-state index in [-0.39, 0.29) is 11.7 Å². The lowest BCUT2D eigenvalue weighted by Crippen LogP contribution is -2.37. The van der Waals surface area contributed by atoms with Crippen LogP contribution in [0.5, 0.6) is 5.75 Å². The predicted molar refractivity (Wildman–Crippen MR) is 75.9 cm³/mol. The van der Waals surface area contributed by atoms with Crippen LogP contribution in [0.3, 0.4) is 0 Å². The zero-order chi connectivity index (χ0) is 13.7. The first-order chi connectivity index (χ1) is 9.15. The van der Waals surface area contributed by atoms with Crippen molar-refractivity contribution in [2.24, 2.45) is 11.7 Å². The van der Waals surface area contributed by atoms with Gasteiger partial charge in [0.2, 0.25) is 5.91 Å². The minimum absolute atomic E-state index is 0.138. The topological polar surface area (TPSA) is 75.4 Å². The molecule has 0 aromatic heterocycles. The third kappa shape index (κ3) is 4.24. The van der Waals surface area contributed by atoms with Gasteiger partial charge in [0.1, 0.15) is 5.75 Å². The van der Waals surface area contributed by atoms with E-state index >= 15 is 0 Å². The standard InChI is InChI=1S/C15H22N2O2/c16-14(9-11-5-2-1-3-6-11)15(19)17-12-7-4-8-13(18)10-12/h4,7-8,10-11,14,18H,1-3,5-6,9,16H2,(H,17,19). The Morgan fingerprint density at radius 1 is 1.37 bits per heavy atom. The van der Waals surface area contributed by atoms with Crippen LogP contribution in [0.2, 0.25) is 0 Å². The number of phenolic OH excluding ortho intramolecular Hbond substituents is 1. The Kier molecular flexibility index (Phi) is 4.80. The zero-order valence-corrected chi connectivity index (χ0v) is 11.1. The molecule has 1 amide bonds. The second kappa shape index (κ2) is 6.57. The quantitative estimate of drug-likeness (QED) is 0.780. The average molecular weight is 262 g/mol. The molecule has 1 aliphatic rings. The van der Waals surface area contributed by atoms with Crippen molar-refractivity contribution in [2.45, 2.75) is 44.6 Å². The molecule has 0 heterocycles. The molecule has 104 valence electrons. The van der Waals surface area contributed by atoms with Gasteiger partial charge in [0.25, 0.3) is 0 Å². The van der Waals surface area contributed by atoms with Gasteiger partial charge in [-0.2, -0.15) is 0 Å². The highest BCUT2D eigenvalue weighted by atomic mass is 16.3. The number of phenols is 1. The Morgan fingerprint density at radius 3 is 2.79 bits per heavy atom. The van der Waals surface area contributed by atoms with Gasteiger partial charge in [-0.3, -0.25) is 4.79 Å². The maximum absolute atomic E-state index is 12.0. The van der Waals surface area contributed by atoms with E-state index in [1.807, 2.05) is 0 Å². The number of anilines is 1. The minimum atomic E-state index is -0.467. The summed E-state index contributed by atoms with van der Waals surface area (Å²) in [7, 11) is 0. The van der Waals surface area contributed by atoms with E-state index in [9.17, 15) is 9.90 Å². The number of carbonyl (C=O) groups is 1. The number of nitrogens with two attached hydrogens (primary N) is 1. The van der Waals surface area contributed by atoms with E-state index in [4.69, 9.17) is 5.73 Å². The summed E-state index contributed by atoms with van der Waals surface area (Å²) >= 11 is 0. The molecule has 1 atom stereocenters. The summed E-state index contributed by atoms with van der Waals surface area (Å²) in [6.07, 6.45) is 6.95. The van der Waals surface area contributed by atoms with Crippen LogP contribution in [0.25, 0.3) is 0 Å². The molecule has 0 spiro atoms. The van der Waals surface area contributed by atoms with Crippen LogP contribution in [-0.4, -0.2) is 17.1 Å². The van der Waals surface area contributed by atoms with Crippen molar-refractivity contribution in [1.29, 1.82) is 0 Å². The number of amides is 1. The molecule has 1 aromatic carbocycles. The highest BCUT2D eigenvalue weighted by molar-refractivity contribution is 5.94. The van der Waals surface area contributed by atoms with Crippen molar-refractivity contribution in [1.82, 2.24) is 0 Å². The lowest BCUT2D eigenvalue weighted by molar-refractivity contribution is -0.117. The van der Waals surface area contributed by atoms with Crippen molar-refractivity contribution in [3.63, 3.8) is 0 Å². The highest BCUT2D eigenvalue weighted by Gasteiger charge is 2.21. The molecular weight excluding hydrogens is 240 g/mol. The number of rotatable bonds is 4. The molecule has 1 unspecified atom stereocenters. The second-order valence-corrected chi connectivity index (χ2v) is 5.39. The molecule has 0 aliphatic heterocycles. The van der Waals surface area contributed by atoms with E-state index in [1.165, 1.54) is 38.2 Å². The molecule has 0 radical (unpaired) electrons. The monoisotopic (exact) mass is 262 g/mol. The van der Waals surface area contributed by atoms with Crippen LogP contribution in [0, 0.1) is 5.92 Å². The number of hydrogen-bond donors (Lipinski definition) is 3. The molecular formula is C15H22N2O2. The zero-order valence-electron chi connectivity index (χ0n) is 11.1. The summed E-state index contributed by atoms with van der Waals surface area (Å²) in [5.74, 6) is 0.550. The van der Waals surface area contributed by atoms with Crippen molar-refractivity contribution >= 4 is 11.6 Å². The molecule has 4 nitrogen and oxygen atoms in total. The molecule has 0 saturated heterocycles. The molecule has 19 heavy (non-hydrogen) atoms. The van der Waals surface area contributed by atoms with Crippen LogP contribution in [-0.2, 0) is 4.79 Å². The van der Waals surface area contributed by atoms with Crippen LogP contribution in [0.1, 0.15) is 38.5 Å². The first kappa shape index (κ1) is 13.9. The van der Waals surface area contributed by atoms with E-state index in [0.717, 1.165) is 6.42 Å². The third-order valence-corrected chi connectivity index (χ3v) is 3.76. The second-order valence-electron chi connectivity index (χ2n) is 5.39. The van der Waals surface area contributed by atoms with Gasteiger partial charge in [-0.1, -0.05) is 38.2 Å². The predicted octanol–water partition coefficient (Wildman–Crippen LogP) is 2.63. The molecule has 4 N–H and O–H groups in total. The fraction of sp³-hybridized carbons (Fsp3) is 0.533. The third-order valence-electron chi connectivity index (χ3n) is 3.76. The fourth-order valence-corrected chi connectivity index (χ4v) is 2.71. The summed E-state index contributed by atoms with van der Waals surface area (Å²) < 4.78 is 0. The maximum Gasteiger partial charge on any atom is 0.241 e. The highest BCUT2D eigenvalue weighted by Crippen LogP contribution is 2.27. The Hall–Kier alpha value is -1.55. The van der Waals surface area contributed by atoms with Gasteiger partial charge in [-0.25, -0.2) is 0 Å². The lowest BCUT2D eigenvalue weighted by Gasteiger charge is -2.24. The van der Waals surface area contributed by atoms with Gasteiger partial charge < -0.3 is 16.2 Å². The van der Waals surface area contributed by atoms with E-state index in [2.05, 4.69) is 5.32 Å². The summed E-state index contributed by atoms with van der Waals surface area (Å²) in [6, 6.07) is 6.05. The van der Waals surface area contributed by atoms with Crippen molar-refractivity contribution in [2.75, 3.05) is 5.32 Å². The Bertz CT molecular complexity index is 428. The summed E-state index contributed by atoms with van der Waals surface area (Å²) in [5, 5.41) is 12.1. The van der Waals surface area contributed by atoms with Gasteiger partial charge in [0.05, 0.1) is 6.04 Å². The Balaban J connectivity index is 1.84. The minimum Gasteiger partial charge on any atom is -0.508 e. The maximum atomic E-state index is 12.0. The van der Waals surface area contributed by atoms with Gasteiger partial charge >= 0.3 is 0 Å². The van der Waals surface area contributed by atoms with Gasteiger partial charge in [-0.15, -0.1) is 0 Å². The Morgan fingerprint density at radius 2 is 2.11 bits per heavy atom. The molecule has 1 aliphatic carbocycles. The van der Waals surface area contributed by atoms with Crippen molar-refractivity contribution < 1.29 is 9.90 Å². The molecule has 2 rings (SSSR count). The molecule has 1 aromatic rings. The number of nitrogens with one attached hydrogen (secondary N) is 1. The Labute approximate surface area is 114 Å². The van der Waals surface area contributed by atoms with Gasteiger partial charge in [0, 0.05) is 11.8 Å². The first-order valence-electron chi connectivity index (χ1n) is 7.00. The molecule has 1 fully saturated rings. The number of hydrogen-bond acceptors (Lipinski definition) is 3.